The first-order valence-electron chi connectivity index (χ1n) is 11.0. The third-order valence-electron chi connectivity index (χ3n) is 5.13. The molecule has 186 valence electrons. The molecule has 1 aliphatic heterocycles. The molecule has 2 N–H and O–H groups in total. The molecule has 0 unspecified atom stereocenters. The van der Waals surface area contributed by atoms with Gasteiger partial charge < -0.3 is 14.5 Å². The molecule has 1 aromatic carbocycles. The van der Waals surface area contributed by atoms with Gasteiger partial charge in [0.1, 0.15) is 18.2 Å². The molecule has 0 radical (unpaired) electrons. The number of fused-ring (bicyclic) bond motifs is 3. The highest BCUT2D eigenvalue weighted by Crippen LogP contribution is 2.41. The summed E-state index contributed by atoms with van der Waals surface area (Å²) in [6, 6.07) is 3.15. The fourth-order valence-electron chi connectivity index (χ4n) is 3.64. The van der Waals surface area contributed by atoms with Crippen LogP contribution in [0.4, 0.5) is 33.3 Å². The molecule has 0 spiro atoms. The van der Waals surface area contributed by atoms with Gasteiger partial charge in [0, 0.05) is 17.0 Å². The molecule has 0 saturated heterocycles. The Labute approximate surface area is 199 Å². The number of halogens is 5. The first-order valence-corrected chi connectivity index (χ1v) is 11.1. The number of anilines is 2. The molecule has 9 nitrogen and oxygen atoms in total. The smallest absolute Gasteiger partial charge is 0.405 e. The van der Waals surface area contributed by atoms with Gasteiger partial charge in [0.2, 0.25) is 21.8 Å². The number of benzene rings is 1. The first-order chi connectivity index (χ1) is 17.4. The van der Waals surface area contributed by atoms with Crippen LogP contribution in [0.2, 0.25) is 0 Å². The molecule has 0 aliphatic carbocycles. The Balaban J connectivity index is 1.87. The van der Waals surface area contributed by atoms with Gasteiger partial charge in [-0.15, -0.1) is 0 Å². The summed E-state index contributed by atoms with van der Waals surface area (Å²) in [5.74, 6) is -4.12. The lowest BCUT2D eigenvalue weighted by molar-refractivity contribution is -0.123. The SMILES string of the molecule is [2H]C([2H])([2H])Oc1ccc2c3c(cnc2n1)N(CC(F)(F)F)CC(=O)N3Cc1c(F)cc(S(N)(=O)=O)cc1F. The topological polar surface area (TPSA) is 119 Å². The van der Waals surface area contributed by atoms with Crippen molar-refractivity contribution in [1.82, 2.24) is 9.97 Å². The molecule has 1 aliphatic rings. The van der Waals surface area contributed by atoms with Crippen LogP contribution in [0.5, 0.6) is 5.88 Å². The molecule has 3 heterocycles. The number of amides is 1. The van der Waals surface area contributed by atoms with Gasteiger partial charge in [-0.1, -0.05) is 0 Å². The summed E-state index contributed by atoms with van der Waals surface area (Å²) in [7, 11) is -7.35. The van der Waals surface area contributed by atoms with Gasteiger partial charge in [-0.25, -0.2) is 27.3 Å². The second-order valence-electron chi connectivity index (χ2n) is 7.48. The van der Waals surface area contributed by atoms with Gasteiger partial charge in [-0.3, -0.25) is 4.79 Å². The van der Waals surface area contributed by atoms with E-state index in [9.17, 15) is 35.2 Å². The van der Waals surface area contributed by atoms with E-state index in [0.717, 1.165) is 17.2 Å². The Morgan fingerprint density at radius 2 is 1.91 bits per heavy atom. The van der Waals surface area contributed by atoms with Crippen LogP contribution in [0, 0.1) is 11.6 Å². The van der Waals surface area contributed by atoms with Crippen LogP contribution in [0.25, 0.3) is 11.0 Å². The number of sulfonamides is 1. The van der Waals surface area contributed by atoms with Crippen LogP contribution in [0.15, 0.2) is 35.4 Å². The zero-order chi connectivity index (χ0) is 28.2. The number of aromatic nitrogens is 2. The number of alkyl halides is 3. The Kier molecular flexibility index (Phi) is 5.08. The zero-order valence-corrected chi connectivity index (χ0v) is 18.1. The normalized spacial score (nSPS) is 16.1. The Morgan fingerprint density at radius 3 is 2.51 bits per heavy atom. The average molecular weight is 520 g/mol. The van der Waals surface area contributed by atoms with Crippen molar-refractivity contribution in [2.24, 2.45) is 5.14 Å². The van der Waals surface area contributed by atoms with Crippen molar-refractivity contribution in [2.75, 3.05) is 29.9 Å². The van der Waals surface area contributed by atoms with E-state index in [2.05, 4.69) is 9.97 Å². The number of nitrogens with zero attached hydrogens (tertiary/aromatic N) is 4. The van der Waals surface area contributed by atoms with Crippen molar-refractivity contribution >= 4 is 38.3 Å². The molecule has 1 amide bonds. The quantitative estimate of drug-likeness (QED) is 0.514. The van der Waals surface area contributed by atoms with Crippen molar-refractivity contribution in [2.45, 2.75) is 17.6 Å². The minimum absolute atomic E-state index is 0.0532. The zero-order valence-electron chi connectivity index (χ0n) is 20.3. The minimum atomic E-state index is -4.73. The molecule has 4 rings (SSSR count). The number of carbonyl (C=O) groups excluding carboxylic acids is 1. The number of methoxy groups -OCH3 is 1. The second-order valence-corrected chi connectivity index (χ2v) is 9.04. The monoisotopic (exact) mass is 520 g/mol. The Hall–Kier alpha value is -3.59. The van der Waals surface area contributed by atoms with Crippen LogP contribution < -0.4 is 19.7 Å². The van der Waals surface area contributed by atoms with E-state index in [1.165, 1.54) is 6.07 Å². The summed E-state index contributed by atoms with van der Waals surface area (Å²) in [4.78, 5) is 21.5. The van der Waals surface area contributed by atoms with Crippen molar-refractivity contribution < 1.29 is 44.0 Å². The average Bonchev–Trinajstić information content (AvgIpc) is 2.74. The van der Waals surface area contributed by atoms with E-state index >= 15 is 0 Å². The summed E-state index contributed by atoms with van der Waals surface area (Å²) in [5.41, 5.74) is -1.45. The van der Waals surface area contributed by atoms with E-state index in [-0.39, 0.29) is 22.4 Å². The fraction of sp³-hybridized carbons (Fsp3) is 0.250. The van der Waals surface area contributed by atoms with Crippen molar-refractivity contribution in [3.8, 4) is 5.88 Å². The maximum atomic E-state index is 14.8. The number of nitrogens with two attached hydrogens (primary N) is 1. The van der Waals surface area contributed by atoms with Crippen LogP contribution >= 0.6 is 0 Å². The molecule has 15 heteroatoms. The Morgan fingerprint density at radius 1 is 1.23 bits per heavy atom. The number of pyridine rings is 2. The van der Waals surface area contributed by atoms with Gasteiger partial charge >= 0.3 is 6.18 Å². The number of hydrogen-bond donors (Lipinski definition) is 1. The van der Waals surface area contributed by atoms with Crippen molar-refractivity contribution in [1.29, 1.82) is 0 Å². The largest absolute Gasteiger partial charge is 0.481 e. The van der Waals surface area contributed by atoms with Gasteiger partial charge in [0.25, 0.3) is 0 Å². The molecule has 35 heavy (non-hydrogen) atoms. The molecule has 0 saturated carbocycles. The van der Waals surface area contributed by atoms with E-state index in [0.29, 0.717) is 17.0 Å². The number of primary sulfonamides is 1. The summed E-state index contributed by atoms with van der Waals surface area (Å²) in [6.07, 6.45) is -3.78. The fourth-order valence-corrected chi connectivity index (χ4v) is 4.18. The molecule has 0 atom stereocenters. The third-order valence-corrected chi connectivity index (χ3v) is 6.02. The van der Waals surface area contributed by atoms with Gasteiger partial charge in [0.15, 0.2) is 5.65 Å². The first kappa shape index (κ1) is 20.8. The predicted molar refractivity (Wildman–Crippen MR) is 113 cm³/mol. The highest BCUT2D eigenvalue weighted by atomic mass is 32.2. The lowest BCUT2D eigenvalue weighted by Crippen LogP contribution is -2.48. The highest BCUT2D eigenvalue weighted by Gasteiger charge is 2.39. The van der Waals surface area contributed by atoms with E-state index in [4.69, 9.17) is 14.0 Å². The van der Waals surface area contributed by atoms with Gasteiger partial charge in [-0.05, 0) is 18.2 Å². The molecule has 3 aromatic rings. The summed E-state index contributed by atoms with van der Waals surface area (Å²) in [5, 5.41) is 4.86. The number of hydrogen-bond acceptors (Lipinski definition) is 7. The standard InChI is InChI=1S/C20H16F5N5O4S/c1-34-16-3-2-11-18-15(6-27-19(11)28-16)29(9-20(23,24)25)8-17(31)30(18)7-12-13(21)4-10(5-14(12)22)35(26,32)33/h2-6H,7-9H2,1H3,(H2,26,32,33)/i1D3. The van der Waals surface area contributed by atoms with Crippen LogP contribution in [0.1, 0.15) is 9.68 Å². The molecular weight excluding hydrogens is 501 g/mol. The van der Waals surface area contributed by atoms with Crippen LogP contribution in [-0.4, -0.2) is 50.6 Å². The van der Waals surface area contributed by atoms with Crippen molar-refractivity contribution in [3.63, 3.8) is 0 Å². The van der Waals surface area contributed by atoms with E-state index < -0.39 is 76.8 Å². The molecule has 2 aromatic heterocycles. The van der Waals surface area contributed by atoms with Gasteiger partial charge in [-0.2, -0.15) is 18.2 Å². The predicted octanol–water partition coefficient (Wildman–Crippen LogP) is 2.48. The number of carbonyl (C=O) groups is 1. The maximum absolute atomic E-state index is 14.8. The summed E-state index contributed by atoms with van der Waals surface area (Å²) in [6.45, 7) is -3.22. The van der Waals surface area contributed by atoms with Crippen molar-refractivity contribution in [3.05, 3.63) is 47.7 Å². The Bertz CT molecular complexity index is 1530. The van der Waals surface area contributed by atoms with E-state index in [1.54, 1.807) is 0 Å². The summed E-state index contributed by atoms with van der Waals surface area (Å²) >= 11 is 0. The molecular formula is C20H16F5N5O4S. The minimum Gasteiger partial charge on any atom is -0.481 e. The van der Waals surface area contributed by atoms with Crippen LogP contribution in [0.3, 0.4) is 0 Å². The molecule has 0 fully saturated rings. The van der Waals surface area contributed by atoms with Crippen LogP contribution in [-0.2, 0) is 21.4 Å². The van der Waals surface area contributed by atoms with Gasteiger partial charge in [0.05, 0.1) is 46.7 Å². The highest BCUT2D eigenvalue weighted by molar-refractivity contribution is 7.89. The number of ether oxygens (including phenoxy) is 1. The lowest BCUT2D eigenvalue weighted by atomic mass is 10.1. The second kappa shape index (κ2) is 8.57. The molecule has 0 bridgehead atoms. The van der Waals surface area contributed by atoms with E-state index in [1.807, 2.05) is 0 Å². The third kappa shape index (κ3) is 4.81. The maximum Gasteiger partial charge on any atom is 0.405 e. The lowest BCUT2D eigenvalue weighted by Gasteiger charge is -2.38. The number of rotatable bonds is 5. The summed E-state index contributed by atoms with van der Waals surface area (Å²) < 4.78 is 119.